The fourth-order valence-electron chi connectivity index (χ4n) is 1.46. The zero-order valence-electron chi connectivity index (χ0n) is 7.46. The fourth-order valence-corrected chi connectivity index (χ4v) is 1.46. The van der Waals surface area contributed by atoms with Gasteiger partial charge in [-0.2, -0.15) is 0 Å². The lowest BCUT2D eigenvalue weighted by molar-refractivity contribution is -0.112. The molecule has 0 radical (unpaired) electrons. The van der Waals surface area contributed by atoms with E-state index in [-0.39, 0.29) is 11.3 Å². The molecule has 0 atom stereocenters. The fraction of sp³-hybridized carbons (Fsp3) is 0.100. The molecule has 1 amide bonds. The van der Waals surface area contributed by atoms with Crippen LogP contribution in [-0.4, -0.2) is 17.5 Å². The Bertz CT molecular complexity index is 462. The second kappa shape index (κ2) is 2.77. The molecule has 14 heavy (non-hydrogen) atoms. The van der Waals surface area contributed by atoms with Crippen LogP contribution in [0.3, 0.4) is 0 Å². The Hall–Kier alpha value is -1.97. The standard InChI is InChI=1S/C10H7NO3/c1-5(12)6-3-2-4-7-8(6)11-10(14)9(7)13/h2-4H,1H3,(H,11,13,14). The highest BCUT2D eigenvalue weighted by Gasteiger charge is 2.30. The number of carbonyl (C=O) groups excluding carboxylic acids is 3. The van der Waals surface area contributed by atoms with Crippen LogP contribution in [0, 0.1) is 0 Å². The van der Waals surface area contributed by atoms with Gasteiger partial charge in [-0.1, -0.05) is 6.07 Å². The van der Waals surface area contributed by atoms with Crippen LogP contribution in [0.15, 0.2) is 18.2 Å². The minimum Gasteiger partial charge on any atom is -0.318 e. The van der Waals surface area contributed by atoms with Gasteiger partial charge in [-0.15, -0.1) is 0 Å². The van der Waals surface area contributed by atoms with Crippen LogP contribution in [0.4, 0.5) is 5.69 Å². The number of anilines is 1. The maximum Gasteiger partial charge on any atom is 0.296 e. The van der Waals surface area contributed by atoms with E-state index < -0.39 is 11.7 Å². The second-order valence-electron chi connectivity index (χ2n) is 3.07. The highest BCUT2D eigenvalue weighted by molar-refractivity contribution is 6.52. The number of benzene rings is 1. The van der Waals surface area contributed by atoms with E-state index in [1.54, 1.807) is 12.1 Å². The van der Waals surface area contributed by atoms with Crippen molar-refractivity contribution in [1.82, 2.24) is 0 Å². The van der Waals surface area contributed by atoms with Gasteiger partial charge < -0.3 is 5.32 Å². The first-order valence-corrected chi connectivity index (χ1v) is 4.11. The molecule has 0 spiro atoms. The van der Waals surface area contributed by atoms with Crippen LogP contribution in [0.5, 0.6) is 0 Å². The molecule has 0 aromatic heterocycles. The van der Waals surface area contributed by atoms with Crippen LogP contribution in [0.2, 0.25) is 0 Å². The molecule has 1 aromatic carbocycles. The number of carbonyl (C=O) groups is 3. The smallest absolute Gasteiger partial charge is 0.296 e. The van der Waals surface area contributed by atoms with E-state index in [0.717, 1.165) is 0 Å². The Labute approximate surface area is 79.9 Å². The quantitative estimate of drug-likeness (QED) is 0.530. The zero-order chi connectivity index (χ0) is 10.3. The molecular weight excluding hydrogens is 182 g/mol. The van der Waals surface area contributed by atoms with Gasteiger partial charge in [0.2, 0.25) is 0 Å². The van der Waals surface area contributed by atoms with Gasteiger partial charge in [0.25, 0.3) is 11.7 Å². The normalized spacial score (nSPS) is 13.8. The second-order valence-corrected chi connectivity index (χ2v) is 3.07. The SMILES string of the molecule is CC(=O)c1cccc2c1NC(=O)C2=O. The summed E-state index contributed by atoms with van der Waals surface area (Å²) >= 11 is 0. The van der Waals surface area contributed by atoms with Crippen molar-refractivity contribution >= 4 is 23.2 Å². The van der Waals surface area contributed by atoms with Crippen LogP contribution in [0.25, 0.3) is 0 Å². The largest absolute Gasteiger partial charge is 0.318 e. The molecule has 4 heteroatoms. The number of para-hydroxylation sites is 1. The van der Waals surface area contributed by atoms with Gasteiger partial charge in [-0.3, -0.25) is 14.4 Å². The maximum atomic E-state index is 11.2. The van der Waals surface area contributed by atoms with Crippen molar-refractivity contribution in [2.75, 3.05) is 5.32 Å². The highest BCUT2D eigenvalue weighted by atomic mass is 16.2. The zero-order valence-corrected chi connectivity index (χ0v) is 7.46. The van der Waals surface area contributed by atoms with Crippen molar-refractivity contribution in [2.24, 2.45) is 0 Å². The van der Waals surface area contributed by atoms with Gasteiger partial charge in [0, 0.05) is 5.56 Å². The number of hydrogen-bond acceptors (Lipinski definition) is 3. The summed E-state index contributed by atoms with van der Waals surface area (Å²) < 4.78 is 0. The number of ketones is 2. The first-order valence-electron chi connectivity index (χ1n) is 4.11. The minimum atomic E-state index is -0.672. The van der Waals surface area contributed by atoms with E-state index in [9.17, 15) is 14.4 Å². The average molecular weight is 189 g/mol. The third-order valence-corrected chi connectivity index (χ3v) is 2.13. The van der Waals surface area contributed by atoms with Crippen molar-refractivity contribution in [3.05, 3.63) is 29.3 Å². The van der Waals surface area contributed by atoms with E-state index in [4.69, 9.17) is 0 Å². The summed E-state index contributed by atoms with van der Waals surface area (Å²) in [5.41, 5.74) is 0.999. The van der Waals surface area contributed by atoms with Gasteiger partial charge in [0.05, 0.1) is 11.3 Å². The number of amides is 1. The lowest BCUT2D eigenvalue weighted by atomic mass is 10.0. The van der Waals surface area contributed by atoms with E-state index >= 15 is 0 Å². The highest BCUT2D eigenvalue weighted by Crippen LogP contribution is 2.27. The molecule has 0 saturated heterocycles. The molecular formula is C10H7NO3. The molecule has 0 bridgehead atoms. The third kappa shape index (κ3) is 1.04. The lowest BCUT2D eigenvalue weighted by Crippen LogP contribution is -2.12. The average Bonchev–Trinajstić information content (AvgIpc) is 2.43. The first kappa shape index (κ1) is 8.62. The number of Topliss-reactive ketones (excluding diaryl/α,β-unsaturated/α-hetero) is 2. The number of hydrogen-bond donors (Lipinski definition) is 1. The Kier molecular flexibility index (Phi) is 1.70. The Morgan fingerprint density at radius 1 is 1.29 bits per heavy atom. The summed E-state index contributed by atoms with van der Waals surface area (Å²) in [7, 11) is 0. The molecule has 2 rings (SSSR count). The molecule has 0 unspecified atom stereocenters. The van der Waals surface area contributed by atoms with E-state index in [0.29, 0.717) is 11.3 Å². The van der Waals surface area contributed by atoms with Gasteiger partial charge >= 0.3 is 0 Å². The molecule has 4 nitrogen and oxygen atoms in total. The van der Waals surface area contributed by atoms with Crippen molar-refractivity contribution < 1.29 is 14.4 Å². The summed E-state index contributed by atoms with van der Waals surface area (Å²) in [4.78, 5) is 33.4. The summed E-state index contributed by atoms with van der Waals surface area (Å²) in [5, 5.41) is 2.39. The Morgan fingerprint density at radius 2 is 2.00 bits per heavy atom. The van der Waals surface area contributed by atoms with Crippen LogP contribution >= 0.6 is 0 Å². The molecule has 1 heterocycles. The predicted octanol–water partition coefficient (Wildman–Crippen LogP) is 1.02. The van der Waals surface area contributed by atoms with E-state index in [2.05, 4.69) is 5.32 Å². The minimum absolute atomic E-state index is 0.170. The van der Waals surface area contributed by atoms with Crippen molar-refractivity contribution in [2.45, 2.75) is 6.92 Å². The Balaban J connectivity index is 2.67. The maximum absolute atomic E-state index is 11.2. The van der Waals surface area contributed by atoms with Crippen molar-refractivity contribution in [3.63, 3.8) is 0 Å². The van der Waals surface area contributed by atoms with Gasteiger partial charge in [-0.25, -0.2) is 0 Å². The number of nitrogens with one attached hydrogen (secondary N) is 1. The summed E-state index contributed by atoms with van der Waals surface area (Å²) in [6.45, 7) is 1.39. The molecule has 0 saturated carbocycles. The van der Waals surface area contributed by atoms with Gasteiger partial charge in [0.1, 0.15) is 0 Å². The third-order valence-electron chi connectivity index (χ3n) is 2.13. The van der Waals surface area contributed by atoms with Crippen molar-refractivity contribution in [3.8, 4) is 0 Å². The topological polar surface area (TPSA) is 63.2 Å². The van der Waals surface area contributed by atoms with E-state index in [1.165, 1.54) is 13.0 Å². The molecule has 1 aromatic rings. The van der Waals surface area contributed by atoms with E-state index in [1.807, 2.05) is 0 Å². The number of rotatable bonds is 1. The van der Waals surface area contributed by atoms with Gasteiger partial charge in [0.15, 0.2) is 5.78 Å². The van der Waals surface area contributed by atoms with Crippen LogP contribution < -0.4 is 5.32 Å². The van der Waals surface area contributed by atoms with Gasteiger partial charge in [-0.05, 0) is 19.1 Å². The predicted molar refractivity (Wildman–Crippen MR) is 49.4 cm³/mol. The summed E-state index contributed by atoms with van der Waals surface area (Å²) in [6, 6.07) is 4.70. The molecule has 70 valence electrons. The molecule has 1 N–H and O–H groups in total. The van der Waals surface area contributed by atoms with Crippen LogP contribution in [0.1, 0.15) is 27.6 Å². The molecule has 1 aliphatic heterocycles. The lowest BCUT2D eigenvalue weighted by Gasteiger charge is -2.02. The first-order chi connectivity index (χ1) is 6.61. The summed E-state index contributed by atoms with van der Waals surface area (Å²) in [6.07, 6.45) is 0. The molecule has 0 fully saturated rings. The van der Waals surface area contributed by atoms with Crippen molar-refractivity contribution in [1.29, 1.82) is 0 Å². The van der Waals surface area contributed by atoms with Crippen LogP contribution in [-0.2, 0) is 4.79 Å². The Morgan fingerprint density at radius 3 is 2.64 bits per heavy atom. The monoisotopic (exact) mass is 189 g/mol. The summed E-state index contributed by atoms with van der Waals surface area (Å²) in [5.74, 6) is -1.42. The molecule has 0 aliphatic carbocycles. The molecule has 1 aliphatic rings. The number of fused-ring (bicyclic) bond motifs is 1.